The fraction of sp³-hybridized carbons (Fsp3) is 0.308. The second-order valence-electron chi connectivity index (χ2n) is 3.96. The van der Waals surface area contributed by atoms with E-state index in [2.05, 4.69) is 6.07 Å². The summed E-state index contributed by atoms with van der Waals surface area (Å²) < 4.78 is 0. The van der Waals surface area contributed by atoms with Gasteiger partial charge in [-0.1, -0.05) is 22.8 Å². The van der Waals surface area contributed by atoms with Crippen LogP contribution in [0.1, 0.15) is 35.3 Å². The first-order valence-electron chi connectivity index (χ1n) is 4.76. The topological polar surface area (TPSA) is 17.1 Å². The minimum absolute atomic E-state index is 0.0943. The Bertz CT molecular complexity index is 362. The molecule has 1 heteroatoms. The standard InChI is InChI=1S/C13H16O/c1-9(2)5-13(14)12-7-10(3)6-11(4)8-12/h5-8H,1-4H3. The van der Waals surface area contributed by atoms with Gasteiger partial charge in [0.1, 0.15) is 0 Å². The molecule has 0 atom stereocenters. The van der Waals surface area contributed by atoms with E-state index in [1.807, 2.05) is 39.8 Å². The molecule has 0 heterocycles. The molecule has 0 aliphatic rings. The number of carbonyl (C=O) groups excluding carboxylic acids is 1. The molecule has 0 spiro atoms. The van der Waals surface area contributed by atoms with E-state index >= 15 is 0 Å². The Morgan fingerprint density at radius 3 is 2.00 bits per heavy atom. The molecule has 0 aliphatic carbocycles. The lowest BCUT2D eigenvalue weighted by molar-refractivity contribution is 0.104. The zero-order valence-corrected chi connectivity index (χ0v) is 9.22. The minimum Gasteiger partial charge on any atom is -0.289 e. The van der Waals surface area contributed by atoms with Crippen molar-refractivity contribution in [2.75, 3.05) is 0 Å². The summed E-state index contributed by atoms with van der Waals surface area (Å²) in [6.07, 6.45) is 1.67. The number of allylic oxidation sites excluding steroid dienone is 2. The van der Waals surface area contributed by atoms with E-state index in [1.165, 1.54) is 0 Å². The third kappa shape index (κ3) is 2.84. The van der Waals surface area contributed by atoms with Crippen LogP contribution in [0.2, 0.25) is 0 Å². The van der Waals surface area contributed by atoms with Crippen molar-refractivity contribution < 1.29 is 4.79 Å². The lowest BCUT2D eigenvalue weighted by atomic mass is 10.0. The van der Waals surface area contributed by atoms with Gasteiger partial charge in [0.05, 0.1) is 0 Å². The molecule has 1 aromatic carbocycles. The number of benzene rings is 1. The fourth-order valence-corrected chi connectivity index (χ4v) is 1.46. The highest BCUT2D eigenvalue weighted by atomic mass is 16.1. The molecule has 0 radical (unpaired) electrons. The molecule has 74 valence electrons. The number of ketones is 1. The Balaban J connectivity index is 3.08. The minimum atomic E-state index is 0.0943. The Hall–Kier alpha value is -1.37. The van der Waals surface area contributed by atoms with Crippen LogP contribution in [-0.4, -0.2) is 5.78 Å². The Morgan fingerprint density at radius 1 is 1.07 bits per heavy atom. The molecule has 0 fully saturated rings. The van der Waals surface area contributed by atoms with Crippen molar-refractivity contribution in [2.45, 2.75) is 27.7 Å². The highest BCUT2D eigenvalue weighted by Gasteiger charge is 2.03. The number of hydrogen-bond donors (Lipinski definition) is 0. The lowest BCUT2D eigenvalue weighted by Crippen LogP contribution is -1.96. The van der Waals surface area contributed by atoms with E-state index in [-0.39, 0.29) is 5.78 Å². The van der Waals surface area contributed by atoms with Crippen LogP contribution in [0.25, 0.3) is 0 Å². The maximum Gasteiger partial charge on any atom is 0.185 e. The second-order valence-corrected chi connectivity index (χ2v) is 3.96. The van der Waals surface area contributed by atoms with Gasteiger partial charge in [-0.2, -0.15) is 0 Å². The molecule has 1 aromatic rings. The van der Waals surface area contributed by atoms with Crippen LogP contribution in [0.5, 0.6) is 0 Å². The van der Waals surface area contributed by atoms with Crippen LogP contribution in [0.3, 0.4) is 0 Å². The Morgan fingerprint density at radius 2 is 1.57 bits per heavy atom. The molecule has 0 amide bonds. The summed E-state index contributed by atoms with van der Waals surface area (Å²) in [7, 11) is 0. The van der Waals surface area contributed by atoms with Crippen molar-refractivity contribution in [3.05, 3.63) is 46.5 Å². The van der Waals surface area contributed by atoms with Crippen molar-refractivity contribution in [1.29, 1.82) is 0 Å². The first-order chi connectivity index (χ1) is 6.49. The van der Waals surface area contributed by atoms with Crippen molar-refractivity contribution in [2.24, 2.45) is 0 Å². The molecule has 0 N–H and O–H groups in total. The predicted octanol–water partition coefficient (Wildman–Crippen LogP) is 3.45. The summed E-state index contributed by atoms with van der Waals surface area (Å²) in [6.45, 7) is 7.87. The normalized spacial score (nSPS) is 9.71. The number of aryl methyl sites for hydroxylation is 2. The molecule has 0 saturated carbocycles. The SMILES string of the molecule is CC(C)=CC(=O)c1cc(C)cc(C)c1. The Kier molecular flexibility index (Phi) is 3.23. The monoisotopic (exact) mass is 188 g/mol. The average Bonchev–Trinajstić information content (AvgIpc) is 2.00. The van der Waals surface area contributed by atoms with Crippen molar-refractivity contribution in [3.8, 4) is 0 Å². The summed E-state index contributed by atoms with van der Waals surface area (Å²) in [4.78, 5) is 11.7. The van der Waals surface area contributed by atoms with Gasteiger partial charge >= 0.3 is 0 Å². The first kappa shape index (κ1) is 10.7. The van der Waals surface area contributed by atoms with Crippen molar-refractivity contribution in [1.82, 2.24) is 0 Å². The van der Waals surface area contributed by atoms with E-state index in [0.717, 1.165) is 22.3 Å². The summed E-state index contributed by atoms with van der Waals surface area (Å²) in [6, 6.07) is 5.92. The maximum absolute atomic E-state index is 11.7. The summed E-state index contributed by atoms with van der Waals surface area (Å²) in [5, 5.41) is 0. The molecular weight excluding hydrogens is 172 g/mol. The zero-order chi connectivity index (χ0) is 10.7. The van der Waals surface area contributed by atoms with Gasteiger partial charge in [-0.25, -0.2) is 0 Å². The van der Waals surface area contributed by atoms with E-state index < -0.39 is 0 Å². The van der Waals surface area contributed by atoms with E-state index in [0.29, 0.717) is 0 Å². The molecule has 0 unspecified atom stereocenters. The van der Waals surface area contributed by atoms with Crippen LogP contribution in [-0.2, 0) is 0 Å². The van der Waals surface area contributed by atoms with Crippen LogP contribution >= 0.6 is 0 Å². The molecule has 1 rings (SSSR count). The van der Waals surface area contributed by atoms with E-state index in [4.69, 9.17) is 0 Å². The van der Waals surface area contributed by atoms with Gasteiger partial charge in [-0.3, -0.25) is 4.79 Å². The second kappa shape index (κ2) is 4.23. The molecule has 0 aliphatic heterocycles. The molecule has 14 heavy (non-hydrogen) atoms. The van der Waals surface area contributed by atoms with E-state index in [1.54, 1.807) is 6.08 Å². The summed E-state index contributed by atoms with van der Waals surface area (Å²) in [5.74, 6) is 0.0943. The third-order valence-electron chi connectivity index (χ3n) is 1.93. The first-order valence-corrected chi connectivity index (χ1v) is 4.76. The van der Waals surface area contributed by atoms with Crippen LogP contribution < -0.4 is 0 Å². The third-order valence-corrected chi connectivity index (χ3v) is 1.93. The van der Waals surface area contributed by atoms with Crippen LogP contribution in [0.4, 0.5) is 0 Å². The highest BCUT2D eigenvalue weighted by Crippen LogP contribution is 2.10. The quantitative estimate of drug-likeness (QED) is 0.513. The number of rotatable bonds is 2. The fourth-order valence-electron chi connectivity index (χ4n) is 1.46. The molecule has 0 bridgehead atoms. The summed E-state index contributed by atoms with van der Waals surface area (Å²) in [5.41, 5.74) is 4.09. The van der Waals surface area contributed by atoms with Gasteiger partial charge in [0.15, 0.2) is 5.78 Å². The van der Waals surface area contributed by atoms with Crippen LogP contribution in [0.15, 0.2) is 29.8 Å². The molecule has 1 nitrogen and oxygen atoms in total. The highest BCUT2D eigenvalue weighted by molar-refractivity contribution is 6.05. The Labute approximate surface area is 85.5 Å². The van der Waals surface area contributed by atoms with Gasteiger partial charge in [-0.15, -0.1) is 0 Å². The molecule has 0 saturated heterocycles. The largest absolute Gasteiger partial charge is 0.289 e. The smallest absolute Gasteiger partial charge is 0.185 e. The van der Waals surface area contributed by atoms with Crippen LogP contribution in [0, 0.1) is 13.8 Å². The van der Waals surface area contributed by atoms with Gasteiger partial charge in [0, 0.05) is 5.56 Å². The van der Waals surface area contributed by atoms with E-state index in [9.17, 15) is 4.79 Å². The number of hydrogen-bond acceptors (Lipinski definition) is 1. The van der Waals surface area contributed by atoms with Gasteiger partial charge in [0.2, 0.25) is 0 Å². The maximum atomic E-state index is 11.7. The van der Waals surface area contributed by atoms with Crippen molar-refractivity contribution >= 4 is 5.78 Å². The van der Waals surface area contributed by atoms with Gasteiger partial charge < -0.3 is 0 Å². The lowest BCUT2D eigenvalue weighted by Gasteiger charge is -2.01. The zero-order valence-electron chi connectivity index (χ0n) is 9.22. The average molecular weight is 188 g/mol. The summed E-state index contributed by atoms with van der Waals surface area (Å²) >= 11 is 0. The van der Waals surface area contributed by atoms with Crippen molar-refractivity contribution in [3.63, 3.8) is 0 Å². The molecule has 0 aromatic heterocycles. The molecular formula is C13H16O. The predicted molar refractivity (Wildman–Crippen MR) is 59.7 cm³/mol. The van der Waals surface area contributed by atoms with Gasteiger partial charge in [-0.05, 0) is 45.9 Å². The van der Waals surface area contributed by atoms with Gasteiger partial charge in [0.25, 0.3) is 0 Å². The number of carbonyl (C=O) groups is 1.